The maximum atomic E-state index is 13.4. The van der Waals surface area contributed by atoms with Crippen LogP contribution in [0.4, 0.5) is 17.6 Å². The van der Waals surface area contributed by atoms with Crippen molar-refractivity contribution in [3.8, 4) is 0 Å². The lowest BCUT2D eigenvalue weighted by molar-refractivity contribution is 0.203. The maximum absolute atomic E-state index is 13.4. The number of nitrogens with two attached hydrogens (primary N) is 2. The van der Waals surface area contributed by atoms with Gasteiger partial charge in [0.1, 0.15) is 23.3 Å². The first-order valence-electron chi connectivity index (χ1n) is 11.1. The highest BCUT2D eigenvalue weighted by Gasteiger charge is 2.18. The fourth-order valence-corrected chi connectivity index (χ4v) is 4.03. The highest BCUT2D eigenvalue weighted by atomic mass is 19.1. The van der Waals surface area contributed by atoms with Crippen LogP contribution in [-0.4, -0.2) is 48.1 Å². The lowest BCUT2D eigenvalue weighted by Gasteiger charge is -2.30. The summed E-state index contributed by atoms with van der Waals surface area (Å²) in [6.07, 6.45) is 3.71. The van der Waals surface area contributed by atoms with E-state index >= 15 is 0 Å². The van der Waals surface area contributed by atoms with Gasteiger partial charge in [-0.25, -0.2) is 17.6 Å². The van der Waals surface area contributed by atoms with E-state index in [1.165, 1.54) is 24.3 Å². The lowest BCUT2D eigenvalue weighted by atomic mass is 10.1. The number of likely N-dealkylation sites (tertiary alicyclic amines) is 2. The Balaban J connectivity index is 0.000000181. The Labute approximate surface area is 187 Å². The molecule has 0 spiro atoms. The molecule has 2 aromatic rings. The second-order valence-corrected chi connectivity index (χ2v) is 8.70. The quantitative estimate of drug-likeness (QED) is 0.694. The van der Waals surface area contributed by atoms with Crippen molar-refractivity contribution < 1.29 is 17.6 Å². The molecule has 2 fully saturated rings. The van der Waals surface area contributed by atoms with Crippen LogP contribution < -0.4 is 11.5 Å². The van der Waals surface area contributed by atoms with Crippen molar-refractivity contribution in [3.05, 3.63) is 70.8 Å². The van der Waals surface area contributed by atoms with Gasteiger partial charge < -0.3 is 11.5 Å². The first-order chi connectivity index (χ1) is 15.3. The van der Waals surface area contributed by atoms with Gasteiger partial charge in [0.2, 0.25) is 0 Å². The smallest absolute Gasteiger partial charge is 0.127 e. The van der Waals surface area contributed by atoms with Crippen LogP contribution in [0.2, 0.25) is 0 Å². The van der Waals surface area contributed by atoms with E-state index in [0.29, 0.717) is 24.2 Å². The summed E-state index contributed by atoms with van der Waals surface area (Å²) in [4.78, 5) is 4.22. The summed E-state index contributed by atoms with van der Waals surface area (Å²) in [6, 6.07) is 7.70. The van der Waals surface area contributed by atoms with Gasteiger partial charge in [0.15, 0.2) is 0 Å². The van der Waals surface area contributed by atoms with Crippen LogP contribution in [0, 0.1) is 23.3 Å². The molecule has 0 amide bonds. The third-order valence-electron chi connectivity index (χ3n) is 6.07. The molecule has 0 bridgehead atoms. The molecule has 0 unspecified atom stereocenters. The number of halogens is 4. The number of rotatable bonds is 4. The summed E-state index contributed by atoms with van der Waals surface area (Å²) >= 11 is 0. The Kier molecular flexibility index (Phi) is 9.04. The molecule has 4 nitrogen and oxygen atoms in total. The summed E-state index contributed by atoms with van der Waals surface area (Å²) in [5.41, 5.74) is 12.4. The predicted molar refractivity (Wildman–Crippen MR) is 118 cm³/mol. The molecule has 2 aliphatic rings. The first kappa shape index (κ1) is 24.6. The number of nitrogens with zero attached hydrogens (tertiary/aromatic N) is 2. The van der Waals surface area contributed by atoms with E-state index in [4.69, 9.17) is 11.5 Å². The van der Waals surface area contributed by atoms with Crippen LogP contribution in [0.25, 0.3) is 0 Å². The van der Waals surface area contributed by atoms with E-state index in [-0.39, 0.29) is 35.4 Å². The molecule has 4 N–H and O–H groups in total. The first-order valence-corrected chi connectivity index (χ1v) is 11.1. The lowest BCUT2D eigenvalue weighted by Crippen LogP contribution is -2.39. The molecule has 0 atom stereocenters. The van der Waals surface area contributed by atoms with Gasteiger partial charge in [0.25, 0.3) is 0 Å². The van der Waals surface area contributed by atoms with Gasteiger partial charge in [-0.2, -0.15) is 0 Å². The molecule has 2 heterocycles. The molecule has 4 rings (SSSR count). The fraction of sp³-hybridized carbons (Fsp3) is 0.500. The van der Waals surface area contributed by atoms with Crippen LogP contribution in [0.1, 0.15) is 36.8 Å². The Morgan fingerprint density at radius 3 is 1.31 bits per heavy atom. The topological polar surface area (TPSA) is 58.5 Å². The summed E-state index contributed by atoms with van der Waals surface area (Å²) in [6.45, 7) is 4.37. The summed E-state index contributed by atoms with van der Waals surface area (Å²) in [5.74, 6) is -1.44. The molecular formula is C24H32F4N4. The minimum absolute atomic E-state index is 0.258. The molecule has 2 aromatic carbocycles. The largest absolute Gasteiger partial charge is 0.328 e. The summed E-state index contributed by atoms with van der Waals surface area (Å²) < 4.78 is 52.7. The molecule has 0 radical (unpaired) electrons. The van der Waals surface area contributed by atoms with Crippen LogP contribution in [0.15, 0.2) is 36.4 Å². The summed E-state index contributed by atoms with van der Waals surface area (Å²) in [5, 5.41) is 0. The Bertz CT molecular complexity index is 792. The fourth-order valence-electron chi connectivity index (χ4n) is 4.03. The minimum atomic E-state index is -0.384. The van der Waals surface area contributed by atoms with Crippen molar-refractivity contribution in [2.45, 2.75) is 50.9 Å². The Hall–Kier alpha value is -2.00. The van der Waals surface area contributed by atoms with Crippen LogP contribution in [-0.2, 0) is 13.1 Å². The van der Waals surface area contributed by atoms with E-state index in [1.807, 2.05) is 0 Å². The normalized spacial score (nSPS) is 18.9. The predicted octanol–water partition coefficient (Wildman–Crippen LogP) is 3.78. The van der Waals surface area contributed by atoms with Gasteiger partial charge in [0, 0.05) is 36.3 Å². The molecule has 2 saturated heterocycles. The number of piperidine rings is 2. The van der Waals surface area contributed by atoms with Crippen LogP contribution >= 0.6 is 0 Å². The maximum Gasteiger partial charge on any atom is 0.127 e. The van der Waals surface area contributed by atoms with E-state index in [0.717, 1.165) is 64.0 Å². The van der Waals surface area contributed by atoms with Crippen LogP contribution in [0.5, 0.6) is 0 Å². The van der Waals surface area contributed by atoms with E-state index in [1.54, 1.807) is 0 Å². The Morgan fingerprint density at radius 2 is 0.969 bits per heavy atom. The average Bonchev–Trinajstić information content (AvgIpc) is 2.77. The molecule has 32 heavy (non-hydrogen) atoms. The van der Waals surface area contributed by atoms with E-state index in [9.17, 15) is 17.6 Å². The molecule has 0 aromatic heterocycles. The van der Waals surface area contributed by atoms with Crippen molar-refractivity contribution in [2.75, 3.05) is 26.2 Å². The third-order valence-corrected chi connectivity index (χ3v) is 6.07. The average molecular weight is 453 g/mol. The Morgan fingerprint density at radius 1 is 0.625 bits per heavy atom. The van der Waals surface area contributed by atoms with Gasteiger partial charge in [-0.3, -0.25) is 9.80 Å². The second-order valence-electron chi connectivity index (χ2n) is 8.70. The monoisotopic (exact) mass is 452 g/mol. The van der Waals surface area contributed by atoms with Gasteiger partial charge in [0.05, 0.1) is 0 Å². The molecule has 8 heteroatoms. The van der Waals surface area contributed by atoms with Crippen molar-refractivity contribution in [2.24, 2.45) is 11.5 Å². The van der Waals surface area contributed by atoms with Gasteiger partial charge in [-0.1, -0.05) is 0 Å². The zero-order valence-corrected chi connectivity index (χ0v) is 18.3. The van der Waals surface area contributed by atoms with Crippen molar-refractivity contribution in [3.63, 3.8) is 0 Å². The second kappa shape index (κ2) is 11.7. The third kappa shape index (κ3) is 7.55. The molecule has 2 aliphatic heterocycles. The molecule has 176 valence electrons. The minimum Gasteiger partial charge on any atom is -0.328 e. The molecular weight excluding hydrogens is 420 g/mol. The number of hydrogen-bond donors (Lipinski definition) is 2. The van der Waals surface area contributed by atoms with E-state index in [2.05, 4.69) is 9.80 Å². The molecule has 0 saturated carbocycles. The number of benzene rings is 2. The van der Waals surface area contributed by atoms with Gasteiger partial charge in [-0.05, 0) is 88.3 Å². The van der Waals surface area contributed by atoms with Crippen molar-refractivity contribution >= 4 is 0 Å². The zero-order valence-electron chi connectivity index (χ0n) is 18.3. The number of hydrogen-bond acceptors (Lipinski definition) is 4. The highest BCUT2D eigenvalue weighted by Crippen LogP contribution is 2.17. The van der Waals surface area contributed by atoms with Gasteiger partial charge in [-0.15, -0.1) is 0 Å². The van der Waals surface area contributed by atoms with Gasteiger partial charge >= 0.3 is 0 Å². The van der Waals surface area contributed by atoms with Crippen LogP contribution in [0.3, 0.4) is 0 Å². The highest BCUT2D eigenvalue weighted by molar-refractivity contribution is 5.19. The zero-order chi connectivity index (χ0) is 23.1. The summed E-state index contributed by atoms with van der Waals surface area (Å²) in [7, 11) is 0. The van der Waals surface area contributed by atoms with Crippen molar-refractivity contribution in [1.29, 1.82) is 0 Å². The standard InChI is InChI=1S/2C12H16F2N2/c2*13-10-1-2-12(14)9(7-10)8-16-5-3-11(15)4-6-16/h2*1-2,7,11H,3-6,8,15H2. The van der Waals surface area contributed by atoms with Crippen molar-refractivity contribution in [1.82, 2.24) is 9.80 Å². The van der Waals surface area contributed by atoms with E-state index < -0.39 is 0 Å². The molecule has 0 aliphatic carbocycles. The SMILES string of the molecule is NC1CCN(Cc2cc(F)ccc2F)CC1.NC1CCN(Cc2cc(F)ccc2F)CC1.